The van der Waals surface area contributed by atoms with Crippen molar-refractivity contribution in [3.63, 3.8) is 0 Å². The Morgan fingerprint density at radius 2 is 1.86 bits per heavy atom. The van der Waals surface area contributed by atoms with Gasteiger partial charge in [0.2, 0.25) is 17.6 Å². The second kappa shape index (κ2) is 12.0. The van der Waals surface area contributed by atoms with Gasteiger partial charge in [-0.3, -0.25) is 14.5 Å². The normalized spacial score (nSPS) is 14.6. The maximum Gasteiger partial charge on any atom is 0.253 e. The zero-order chi connectivity index (χ0) is 24.6. The highest BCUT2D eigenvalue weighted by Gasteiger charge is 2.27. The Hall–Kier alpha value is -3.23. The highest BCUT2D eigenvalue weighted by molar-refractivity contribution is 6.30. The average Bonchev–Trinajstić information content (AvgIpc) is 3.33. The number of carbonyl (C=O) groups excluding carboxylic acids is 2. The van der Waals surface area contributed by atoms with E-state index >= 15 is 0 Å². The summed E-state index contributed by atoms with van der Waals surface area (Å²) in [6.07, 6.45) is 3.36. The van der Waals surface area contributed by atoms with Crippen molar-refractivity contribution in [2.45, 2.75) is 39.2 Å². The maximum atomic E-state index is 12.9. The van der Waals surface area contributed by atoms with Crippen molar-refractivity contribution in [3.05, 3.63) is 65.0 Å². The van der Waals surface area contributed by atoms with Gasteiger partial charge in [0.25, 0.3) is 5.91 Å². The number of likely N-dealkylation sites (tertiary alicyclic amines) is 1. The first-order valence-corrected chi connectivity index (χ1v) is 12.4. The molecule has 1 aliphatic rings. The van der Waals surface area contributed by atoms with E-state index in [2.05, 4.69) is 32.6 Å². The molecule has 2 amide bonds. The molecule has 184 valence electrons. The number of halogens is 1. The molecule has 0 unspecified atom stereocenters. The fraction of sp³-hybridized carbons (Fsp3) is 0.385. The standard InChI is InChI=1S/C26H30ClN5O3/c1-2-3-14-28-26(34)21-6-4-5-7-22(21)29-25(33)19-12-15-32(16-13-19)17-23-30-24(31-35-23)18-8-10-20(27)11-9-18/h4-11,19H,2-3,12-17H2,1H3,(H,28,34)(H,29,33). The molecule has 4 rings (SSSR count). The SMILES string of the molecule is CCCCNC(=O)c1ccccc1NC(=O)C1CCN(Cc2nc(-c3ccc(Cl)cc3)no2)CC1. The Morgan fingerprint density at radius 1 is 1.11 bits per heavy atom. The van der Waals surface area contributed by atoms with Gasteiger partial charge in [-0.05, 0) is 68.8 Å². The number of para-hydroxylation sites is 1. The summed E-state index contributed by atoms with van der Waals surface area (Å²) in [5, 5.41) is 10.6. The number of carbonyl (C=O) groups is 2. The van der Waals surface area contributed by atoms with E-state index < -0.39 is 0 Å². The van der Waals surface area contributed by atoms with Crippen molar-refractivity contribution in [3.8, 4) is 11.4 Å². The van der Waals surface area contributed by atoms with Gasteiger partial charge in [0, 0.05) is 23.0 Å². The lowest BCUT2D eigenvalue weighted by Gasteiger charge is -2.30. The van der Waals surface area contributed by atoms with E-state index in [0.717, 1.165) is 44.3 Å². The third kappa shape index (κ3) is 6.68. The van der Waals surface area contributed by atoms with Gasteiger partial charge in [0.1, 0.15) is 0 Å². The van der Waals surface area contributed by atoms with Crippen LogP contribution < -0.4 is 10.6 Å². The zero-order valence-electron chi connectivity index (χ0n) is 19.8. The van der Waals surface area contributed by atoms with Crippen LogP contribution in [0, 0.1) is 5.92 Å². The minimum atomic E-state index is -0.165. The molecule has 0 spiro atoms. The van der Waals surface area contributed by atoms with Gasteiger partial charge < -0.3 is 15.2 Å². The number of aromatic nitrogens is 2. The summed E-state index contributed by atoms with van der Waals surface area (Å²) in [6.45, 7) is 4.73. The maximum absolute atomic E-state index is 12.9. The van der Waals surface area contributed by atoms with Crippen LogP contribution in [0.3, 0.4) is 0 Å². The number of nitrogens with zero attached hydrogens (tertiary/aromatic N) is 3. The highest BCUT2D eigenvalue weighted by Crippen LogP contribution is 2.24. The number of benzene rings is 2. The highest BCUT2D eigenvalue weighted by atomic mass is 35.5. The molecule has 1 aromatic heterocycles. The van der Waals surface area contributed by atoms with Gasteiger partial charge >= 0.3 is 0 Å². The molecule has 0 atom stereocenters. The molecule has 1 saturated heterocycles. The largest absolute Gasteiger partial charge is 0.352 e. The van der Waals surface area contributed by atoms with Gasteiger partial charge in [-0.1, -0.05) is 42.2 Å². The van der Waals surface area contributed by atoms with Gasteiger partial charge in [0.05, 0.1) is 17.8 Å². The number of rotatable bonds is 9. The van der Waals surface area contributed by atoms with Crippen molar-refractivity contribution in [2.75, 3.05) is 25.0 Å². The van der Waals surface area contributed by atoms with E-state index in [-0.39, 0.29) is 17.7 Å². The molecule has 0 radical (unpaired) electrons. The van der Waals surface area contributed by atoms with E-state index in [1.165, 1.54) is 0 Å². The van der Waals surface area contributed by atoms with Crippen LogP contribution in [0.4, 0.5) is 5.69 Å². The fourth-order valence-electron chi connectivity index (χ4n) is 4.08. The summed E-state index contributed by atoms with van der Waals surface area (Å²) >= 11 is 5.94. The number of anilines is 1. The molecular weight excluding hydrogens is 466 g/mol. The number of unbranched alkanes of at least 4 members (excludes halogenated alkanes) is 1. The quantitative estimate of drug-likeness (QED) is 0.415. The number of hydrogen-bond donors (Lipinski definition) is 2. The van der Waals surface area contributed by atoms with Gasteiger partial charge in [-0.2, -0.15) is 4.98 Å². The third-order valence-electron chi connectivity index (χ3n) is 6.13. The van der Waals surface area contributed by atoms with E-state index in [9.17, 15) is 9.59 Å². The van der Waals surface area contributed by atoms with Crippen LogP contribution in [0.5, 0.6) is 0 Å². The summed E-state index contributed by atoms with van der Waals surface area (Å²) in [7, 11) is 0. The molecule has 3 aromatic rings. The van der Waals surface area contributed by atoms with Crippen molar-refractivity contribution in [2.24, 2.45) is 5.92 Å². The van der Waals surface area contributed by atoms with Crippen molar-refractivity contribution < 1.29 is 14.1 Å². The summed E-state index contributed by atoms with van der Waals surface area (Å²) in [5.41, 5.74) is 1.89. The minimum Gasteiger partial charge on any atom is -0.352 e. The first-order chi connectivity index (χ1) is 17.0. The summed E-state index contributed by atoms with van der Waals surface area (Å²) in [4.78, 5) is 32.2. The number of nitrogens with one attached hydrogen (secondary N) is 2. The smallest absolute Gasteiger partial charge is 0.253 e. The van der Waals surface area contributed by atoms with Gasteiger partial charge in [-0.25, -0.2) is 0 Å². The van der Waals surface area contributed by atoms with Crippen LogP contribution in [-0.4, -0.2) is 46.5 Å². The Morgan fingerprint density at radius 3 is 2.60 bits per heavy atom. The fourth-order valence-corrected chi connectivity index (χ4v) is 4.20. The first kappa shape index (κ1) is 24.9. The van der Waals surface area contributed by atoms with Gasteiger partial charge in [0.15, 0.2) is 0 Å². The third-order valence-corrected chi connectivity index (χ3v) is 6.39. The molecule has 0 aliphatic carbocycles. The van der Waals surface area contributed by atoms with Gasteiger partial charge in [-0.15, -0.1) is 0 Å². The summed E-state index contributed by atoms with van der Waals surface area (Å²) in [6, 6.07) is 14.4. The first-order valence-electron chi connectivity index (χ1n) is 12.0. The monoisotopic (exact) mass is 495 g/mol. The molecule has 1 aliphatic heterocycles. The van der Waals surface area contributed by atoms with Crippen LogP contribution in [0.15, 0.2) is 53.1 Å². The predicted octanol–water partition coefficient (Wildman–Crippen LogP) is 4.77. The van der Waals surface area contributed by atoms with E-state index in [0.29, 0.717) is 41.1 Å². The second-order valence-corrected chi connectivity index (χ2v) is 9.15. The number of hydrogen-bond acceptors (Lipinski definition) is 6. The minimum absolute atomic E-state index is 0.0544. The topological polar surface area (TPSA) is 100 Å². The van der Waals surface area contributed by atoms with Crippen molar-refractivity contribution in [1.29, 1.82) is 0 Å². The summed E-state index contributed by atoms with van der Waals surface area (Å²) in [5.74, 6) is 0.738. The molecule has 2 aromatic carbocycles. The molecule has 9 heteroatoms. The van der Waals surface area contributed by atoms with Crippen LogP contribution in [0.2, 0.25) is 5.02 Å². The Balaban J connectivity index is 1.28. The van der Waals surface area contributed by atoms with Crippen molar-refractivity contribution >= 4 is 29.1 Å². The van der Waals surface area contributed by atoms with Crippen LogP contribution in [-0.2, 0) is 11.3 Å². The Kier molecular flexibility index (Phi) is 8.50. The van der Waals surface area contributed by atoms with E-state index in [1.807, 2.05) is 18.2 Å². The predicted molar refractivity (Wildman–Crippen MR) is 135 cm³/mol. The van der Waals surface area contributed by atoms with Crippen molar-refractivity contribution in [1.82, 2.24) is 20.4 Å². The van der Waals surface area contributed by atoms with Crippen LogP contribution in [0.1, 0.15) is 48.9 Å². The number of amides is 2. The molecular formula is C26H30ClN5O3. The lowest BCUT2D eigenvalue weighted by Crippen LogP contribution is -2.38. The van der Waals surface area contributed by atoms with Crippen LogP contribution >= 0.6 is 11.6 Å². The van der Waals surface area contributed by atoms with E-state index in [1.54, 1.807) is 30.3 Å². The summed E-state index contributed by atoms with van der Waals surface area (Å²) < 4.78 is 5.42. The molecule has 35 heavy (non-hydrogen) atoms. The Bertz CT molecular complexity index is 1140. The molecule has 2 N–H and O–H groups in total. The lowest BCUT2D eigenvalue weighted by molar-refractivity contribution is -0.121. The number of piperidine rings is 1. The second-order valence-electron chi connectivity index (χ2n) is 8.71. The zero-order valence-corrected chi connectivity index (χ0v) is 20.6. The molecule has 1 fully saturated rings. The average molecular weight is 496 g/mol. The Labute approximate surface area is 210 Å². The molecule has 2 heterocycles. The van der Waals surface area contributed by atoms with E-state index in [4.69, 9.17) is 16.1 Å². The lowest BCUT2D eigenvalue weighted by atomic mass is 9.95. The molecule has 0 saturated carbocycles. The molecule has 8 nitrogen and oxygen atoms in total. The molecule has 0 bridgehead atoms. The van der Waals surface area contributed by atoms with Crippen LogP contribution in [0.25, 0.3) is 11.4 Å².